The van der Waals surface area contributed by atoms with Gasteiger partial charge in [-0.25, -0.2) is 0 Å². The molecule has 8 aromatic carbocycles. The second-order valence-corrected chi connectivity index (χ2v) is 13.6. The van der Waals surface area contributed by atoms with Crippen LogP contribution in [0.3, 0.4) is 0 Å². The van der Waals surface area contributed by atoms with Gasteiger partial charge in [0.1, 0.15) is 0 Å². The SMILES string of the molecule is Cc1ccc(-c2cc(C)ccc2-n2c3ccccc3c3ccc(N(c4ccc(-c5ccccc5)cc4)c4ccc(-c5ccccc5)cc4)cc32)cc1. The Morgan fingerprint density at radius 2 is 0.827 bits per heavy atom. The first kappa shape index (κ1) is 31.3. The minimum absolute atomic E-state index is 1.10. The van der Waals surface area contributed by atoms with E-state index in [2.05, 4.69) is 217 Å². The van der Waals surface area contributed by atoms with Gasteiger partial charge in [0.2, 0.25) is 0 Å². The Balaban J connectivity index is 1.24. The van der Waals surface area contributed by atoms with Gasteiger partial charge in [0.25, 0.3) is 0 Å². The number of aromatic nitrogens is 1. The summed E-state index contributed by atoms with van der Waals surface area (Å²) >= 11 is 0. The average molecular weight is 667 g/mol. The lowest BCUT2D eigenvalue weighted by molar-refractivity contribution is 1.17. The van der Waals surface area contributed by atoms with E-state index in [1.165, 1.54) is 72.0 Å². The van der Waals surface area contributed by atoms with E-state index < -0.39 is 0 Å². The zero-order chi connectivity index (χ0) is 35.0. The van der Waals surface area contributed by atoms with Crippen molar-refractivity contribution in [2.24, 2.45) is 0 Å². The van der Waals surface area contributed by atoms with Gasteiger partial charge < -0.3 is 9.47 Å². The number of aryl methyl sites for hydroxylation is 2. The Bertz CT molecular complexity index is 2570. The fourth-order valence-corrected chi connectivity index (χ4v) is 7.48. The third kappa shape index (κ3) is 5.75. The van der Waals surface area contributed by atoms with Gasteiger partial charge in [0, 0.05) is 33.4 Å². The van der Waals surface area contributed by atoms with Gasteiger partial charge in [-0.05, 0) is 96.3 Å². The Kier molecular flexibility index (Phi) is 7.98. The number of anilines is 3. The summed E-state index contributed by atoms with van der Waals surface area (Å²) in [6, 6.07) is 70.5. The van der Waals surface area contributed by atoms with Crippen LogP contribution in [0.25, 0.3) is 60.9 Å². The monoisotopic (exact) mass is 666 g/mol. The number of nitrogens with zero attached hydrogens (tertiary/aromatic N) is 2. The van der Waals surface area contributed by atoms with E-state index in [-0.39, 0.29) is 0 Å². The van der Waals surface area contributed by atoms with Crippen molar-refractivity contribution >= 4 is 38.9 Å². The van der Waals surface area contributed by atoms with Crippen molar-refractivity contribution in [1.29, 1.82) is 0 Å². The summed E-state index contributed by atoms with van der Waals surface area (Å²) in [6.45, 7) is 4.32. The Morgan fingerprint density at radius 3 is 1.44 bits per heavy atom. The van der Waals surface area contributed by atoms with Crippen LogP contribution in [-0.2, 0) is 0 Å². The number of para-hydroxylation sites is 1. The quantitative estimate of drug-likeness (QED) is 0.164. The third-order valence-corrected chi connectivity index (χ3v) is 10.1. The molecule has 0 spiro atoms. The van der Waals surface area contributed by atoms with Crippen LogP contribution in [-0.4, -0.2) is 4.57 Å². The normalized spacial score (nSPS) is 11.3. The zero-order valence-electron chi connectivity index (χ0n) is 29.4. The Hall–Kier alpha value is -6.64. The van der Waals surface area contributed by atoms with Gasteiger partial charge in [-0.15, -0.1) is 0 Å². The van der Waals surface area contributed by atoms with E-state index in [4.69, 9.17) is 0 Å². The van der Waals surface area contributed by atoms with Crippen molar-refractivity contribution in [3.8, 4) is 39.1 Å². The van der Waals surface area contributed by atoms with Crippen molar-refractivity contribution in [2.45, 2.75) is 13.8 Å². The minimum Gasteiger partial charge on any atom is -0.310 e. The van der Waals surface area contributed by atoms with Gasteiger partial charge in [-0.3, -0.25) is 0 Å². The Morgan fingerprint density at radius 1 is 0.346 bits per heavy atom. The second kappa shape index (κ2) is 13.2. The summed E-state index contributed by atoms with van der Waals surface area (Å²) < 4.78 is 2.46. The van der Waals surface area contributed by atoms with Crippen molar-refractivity contribution in [1.82, 2.24) is 4.57 Å². The van der Waals surface area contributed by atoms with Crippen LogP contribution >= 0.6 is 0 Å². The van der Waals surface area contributed by atoms with Gasteiger partial charge >= 0.3 is 0 Å². The summed E-state index contributed by atoms with van der Waals surface area (Å²) in [5.41, 5.74) is 16.6. The molecule has 0 radical (unpaired) electrons. The maximum atomic E-state index is 2.46. The molecule has 0 aliphatic heterocycles. The highest BCUT2D eigenvalue weighted by atomic mass is 15.1. The van der Waals surface area contributed by atoms with E-state index >= 15 is 0 Å². The predicted octanol–water partition coefficient (Wildman–Crippen LogP) is 13.9. The zero-order valence-corrected chi connectivity index (χ0v) is 29.4. The highest BCUT2D eigenvalue weighted by Gasteiger charge is 2.19. The van der Waals surface area contributed by atoms with Crippen molar-refractivity contribution in [2.75, 3.05) is 4.90 Å². The van der Waals surface area contributed by atoms with Crippen LogP contribution in [0.1, 0.15) is 11.1 Å². The lowest BCUT2D eigenvalue weighted by atomic mass is 10.00. The van der Waals surface area contributed by atoms with Crippen LogP contribution in [0.5, 0.6) is 0 Å². The molecule has 0 aliphatic carbocycles. The fourth-order valence-electron chi connectivity index (χ4n) is 7.48. The third-order valence-electron chi connectivity index (χ3n) is 10.1. The minimum atomic E-state index is 1.10. The molecule has 1 heterocycles. The van der Waals surface area contributed by atoms with Crippen molar-refractivity contribution < 1.29 is 0 Å². The highest BCUT2D eigenvalue weighted by molar-refractivity contribution is 6.11. The van der Waals surface area contributed by atoms with E-state index in [1.807, 2.05) is 0 Å². The van der Waals surface area contributed by atoms with E-state index in [9.17, 15) is 0 Å². The van der Waals surface area contributed by atoms with Crippen LogP contribution < -0.4 is 4.90 Å². The largest absolute Gasteiger partial charge is 0.310 e. The predicted molar refractivity (Wildman–Crippen MR) is 221 cm³/mol. The molecular weight excluding hydrogens is 629 g/mol. The Labute approximate surface area is 305 Å². The molecule has 9 rings (SSSR count). The van der Waals surface area contributed by atoms with Gasteiger partial charge in [-0.1, -0.05) is 151 Å². The molecule has 0 saturated carbocycles. The van der Waals surface area contributed by atoms with Gasteiger partial charge in [0.15, 0.2) is 0 Å². The molecule has 0 bridgehead atoms. The molecule has 0 unspecified atom stereocenters. The molecule has 52 heavy (non-hydrogen) atoms. The topological polar surface area (TPSA) is 8.17 Å². The number of hydrogen-bond acceptors (Lipinski definition) is 1. The van der Waals surface area contributed by atoms with Crippen LogP contribution in [0, 0.1) is 13.8 Å². The number of rotatable bonds is 7. The molecule has 9 aromatic rings. The number of benzene rings is 8. The molecule has 0 aliphatic rings. The van der Waals surface area contributed by atoms with Crippen LogP contribution in [0.4, 0.5) is 17.1 Å². The first-order valence-electron chi connectivity index (χ1n) is 17.9. The lowest BCUT2D eigenvalue weighted by Crippen LogP contribution is -2.10. The first-order valence-corrected chi connectivity index (χ1v) is 17.9. The molecule has 2 nitrogen and oxygen atoms in total. The number of fused-ring (bicyclic) bond motifs is 3. The molecule has 2 heteroatoms. The molecular formula is C50H38N2. The van der Waals surface area contributed by atoms with Gasteiger partial charge in [0.05, 0.1) is 16.7 Å². The lowest BCUT2D eigenvalue weighted by Gasteiger charge is -2.26. The first-order chi connectivity index (χ1) is 25.6. The van der Waals surface area contributed by atoms with E-state index in [0.29, 0.717) is 0 Å². The summed E-state index contributed by atoms with van der Waals surface area (Å²) in [7, 11) is 0. The van der Waals surface area contributed by atoms with E-state index in [1.54, 1.807) is 0 Å². The summed E-state index contributed by atoms with van der Waals surface area (Å²) in [6.07, 6.45) is 0. The van der Waals surface area contributed by atoms with Crippen LogP contribution in [0.2, 0.25) is 0 Å². The molecule has 0 fully saturated rings. The standard InChI is InChI=1S/C50H38N2/c1-35-17-20-41(21-18-35)47-33-36(2)19-32-49(47)52-48-16-10-9-15-45(48)46-31-30-44(34-50(46)52)51(42-26-22-39(23-27-42)37-11-5-3-6-12-37)43-28-24-40(25-29-43)38-13-7-4-8-14-38/h3-34H,1-2H3. The van der Waals surface area contributed by atoms with Crippen molar-refractivity contribution in [3.63, 3.8) is 0 Å². The molecule has 0 amide bonds. The van der Waals surface area contributed by atoms with Crippen LogP contribution in [0.15, 0.2) is 194 Å². The summed E-state index contributed by atoms with van der Waals surface area (Å²) in [4.78, 5) is 2.38. The van der Waals surface area contributed by atoms with E-state index in [0.717, 1.165) is 17.1 Å². The highest BCUT2D eigenvalue weighted by Crippen LogP contribution is 2.42. The molecule has 0 N–H and O–H groups in total. The molecule has 0 saturated heterocycles. The summed E-state index contributed by atoms with van der Waals surface area (Å²) in [5, 5.41) is 2.47. The van der Waals surface area contributed by atoms with Gasteiger partial charge in [-0.2, -0.15) is 0 Å². The fraction of sp³-hybridized carbons (Fsp3) is 0.0400. The molecule has 0 atom stereocenters. The smallest absolute Gasteiger partial charge is 0.0562 e. The average Bonchev–Trinajstić information content (AvgIpc) is 3.53. The molecule has 1 aromatic heterocycles. The maximum absolute atomic E-state index is 2.46. The van der Waals surface area contributed by atoms with Crippen molar-refractivity contribution in [3.05, 3.63) is 205 Å². The second-order valence-electron chi connectivity index (χ2n) is 13.6. The number of hydrogen-bond donors (Lipinski definition) is 0. The maximum Gasteiger partial charge on any atom is 0.0562 e. The molecule has 248 valence electrons. The summed E-state index contributed by atoms with van der Waals surface area (Å²) in [5.74, 6) is 0.